The van der Waals surface area contributed by atoms with Crippen molar-refractivity contribution in [2.45, 2.75) is 32.9 Å². The van der Waals surface area contributed by atoms with Crippen LogP contribution in [0.15, 0.2) is 23.0 Å². The Kier molecular flexibility index (Phi) is 4.33. The molecule has 116 valence electrons. The third kappa shape index (κ3) is 3.09. The molecule has 0 saturated carbocycles. The molecule has 0 saturated heterocycles. The number of hydrogen-bond acceptors (Lipinski definition) is 6. The lowest BCUT2D eigenvalue weighted by Crippen LogP contribution is -2.17. The van der Waals surface area contributed by atoms with Gasteiger partial charge in [-0.2, -0.15) is 4.98 Å². The van der Waals surface area contributed by atoms with Gasteiger partial charge < -0.3 is 15.5 Å². The molecule has 5 nitrogen and oxygen atoms in total. The van der Waals surface area contributed by atoms with Gasteiger partial charge in [0.25, 0.3) is 0 Å². The van der Waals surface area contributed by atoms with Crippen LogP contribution in [0.5, 0.6) is 0 Å². The minimum Gasteiger partial charge on any atom is -0.472 e. The third-order valence-electron chi connectivity index (χ3n) is 3.38. The first-order valence-corrected chi connectivity index (χ1v) is 8.20. The first-order valence-electron chi connectivity index (χ1n) is 7.00. The van der Waals surface area contributed by atoms with Crippen LogP contribution in [0.25, 0.3) is 10.2 Å². The molecule has 0 aromatic carbocycles. The lowest BCUT2D eigenvalue weighted by atomic mass is 10.1. The van der Waals surface area contributed by atoms with Gasteiger partial charge in [0, 0.05) is 23.0 Å². The van der Waals surface area contributed by atoms with E-state index < -0.39 is 0 Å². The number of thiophene rings is 1. The molecule has 3 heterocycles. The van der Waals surface area contributed by atoms with E-state index in [0.29, 0.717) is 6.54 Å². The monoisotopic (exact) mass is 336 g/mol. The van der Waals surface area contributed by atoms with Gasteiger partial charge in [-0.15, -0.1) is 11.3 Å². The maximum Gasteiger partial charge on any atom is 0.224 e. The molecule has 0 bridgehead atoms. The zero-order valence-electron chi connectivity index (χ0n) is 12.4. The topological polar surface area (TPSA) is 77.0 Å². The molecule has 0 unspecified atom stereocenters. The van der Waals surface area contributed by atoms with Crippen LogP contribution in [0.3, 0.4) is 0 Å². The first-order chi connectivity index (χ1) is 10.5. The molecule has 3 N–H and O–H groups in total. The molecular weight excluding hydrogens is 320 g/mol. The van der Waals surface area contributed by atoms with Crippen LogP contribution in [0.2, 0.25) is 5.28 Å². The Morgan fingerprint density at radius 3 is 2.95 bits per heavy atom. The van der Waals surface area contributed by atoms with Crippen LogP contribution < -0.4 is 11.1 Å². The van der Waals surface area contributed by atoms with Crippen molar-refractivity contribution in [2.24, 2.45) is 5.73 Å². The van der Waals surface area contributed by atoms with Crippen molar-refractivity contribution in [3.8, 4) is 0 Å². The van der Waals surface area contributed by atoms with Gasteiger partial charge in [-0.1, -0.05) is 0 Å². The van der Waals surface area contributed by atoms with Gasteiger partial charge >= 0.3 is 0 Å². The molecule has 22 heavy (non-hydrogen) atoms. The van der Waals surface area contributed by atoms with Gasteiger partial charge in [-0.3, -0.25) is 0 Å². The fourth-order valence-corrected chi connectivity index (χ4v) is 3.81. The highest BCUT2D eigenvalue weighted by Gasteiger charge is 2.16. The van der Waals surface area contributed by atoms with E-state index in [0.717, 1.165) is 33.6 Å². The van der Waals surface area contributed by atoms with Crippen molar-refractivity contribution in [3.05, 3.63) is 39.9 Å². The zero-order valence-corrected chi connectivity index (χ0v) is 14.0. The summed E-state index contributed by atoms with van der Waals surface area (Å²) in [5, 5.41) is 3.55. The van der Waals surface area contributed by atoms with E-state index in [4.69, 9.17) is 21.8 Å². The fraction of sp³-hybridized carbons (Fsp3) is 0.333. The third-order valence-corrected chi connectivity index (χ3v) is 4.86. The number of aryl methyl sites for hydroxylation is 1. The molecule has 0 spiro atoms. The van der Waals surface area contributed by atoms with Gasteiger partial charge in [0.1, 0.15) is 5.82 Å². The summed E-state index contributed by atoms with van der Waals surface area (Å²) in [4.78, 5) is 9.93. The molecule has 0 fully saturated rings. The zero-order chi connectivity index (χ0) is 15.7. The van der Waals surface area contributed by atoms with Gasteiger partial charge in [0.05, 0.1) is 22.7 Å². The quantitative estimate of drug-likeness (QED) is 0.694. The van der Waals surface area contributed by atoms with Crippen molar-refractivity contribution < 1.29 is 4.42 Å². The van der Waals surface area contributed by atoms with Gasteiger partial charge in [0.2, 0.25) is 5.28 Å². The lowest BCUT2D eigenvalue weighted by molar-refractivity contribution is 0.564. The van der Waals surface area contributed by atoms with Crippen LogP contribution in [0, 0.1) is 6.92 Å². The van der Waals surface area contributed by atoms with E-state index in [1.54, 1.807) is 23.9 Å². The van der Waals surface area contributed by atoms with Crippen molar-refractivity contribution >= 4 is 39.0 Å². The van der Waals surface area contributed by atoms with Gasteiger partial charge in [0.15, 0.2) is 0 Å². The summed E-state index contributed by atoms with van der Waals surface area (Å²) >= 11 is 7.75. The minimum atomic E-state index is 0.109. The summed E-state index contributed by atoms with van der Waals surface area (Å²) in [5.41, 5.74) is 9.00. The smallest absolute Gasteiger partial charge is 0.224 e. The van der Waals surface area contributed by atoms with Gasteiger partial charge in [-0.05, 0) is 43.5 Å². The Morgan fingerprint density at radius 2 is 2.27 bits per heavy atom. The maximum atomic E-state index is 6.07. The number of halogens is 1. The van der Waals surface area contributed by atoms with E-state index in [1.165, 1.54) is 4.88 Å². The molecule has 0 aliphatic heterocycles. The van der Waals surface area contributed by atoms with Crippen LogP contribution in [0.1, 0.15) is 22.9 Å². The standard InChI is InChI=1S/C15H17ClN4OS/c1-8(17)5-11-9(2)12-13(22-11)14(20-15(16)19-12)18-6-10-3-4-21-7-10/h3-4,7-8H,5-6,17H2,1-2H3,(H,18,19,20)/t8-/m0/s1. The van der Waals surface area contributed by atoms with Crippen LogP contribution in [-0.4, -0.2) is 16.0 Å². The Balaban J connectivity index is 1.98. The van der Waals surface area contributed by atoms with Gasteiger partial charge in [-0.25, -0.2) is 4.98 Å². The summed E-state index contributed by atoms with van der Waals surface area (Å²) in [6, 6.07) is 2.02. The second-order valence-corrected chi connectivity index (χ2v) is 6.78. The molecule has 3 aromatic rings. The second kappa shape index (κ2) is 6.24. The summed E-state index contributed by atoms with van der Waals surface area (Å²) < 4.78 is 6.09. The normalized spacial score (nSPS) is 12.7. The number of aromatic nitrogens is 2. The highest BCUT2D eigenvalue weighted by molar-refractivity contribution is 7.19. The summed E-state index contributed by atoms with van der Waals surface area (Å²) in [6.07, 6.45) is 4.18. The molecule has 0 aliphatic rings. The Bertz CT molecular complexity index is 783. The van der Waals surface area contributed by atoms with Crippen LogP contribution in [0.4, 0.5) is 5.82 Å². The summed E-state index contributed by atoms with van der Waals surface area (Å²) in [7, 11) is 0. The van der Waals surface area contributed by atoms with Crippen LogP contribution in [-0.2, 0) is 13.0 Å². The molecule has 3 aromatic heterocycles. The average molecular weight is 337 g/mol. The Labute approximate surface area is 137 Å². The van der Waals surface area contributed by atoms with Crippen molar-refractivity contribution in [1.82, 2.24) is 9.97 Å². The van der Waals surface area contributed by atoms with Crippen molar-refractivity contribution in [1.29, 1.82) is 0 Å². The molecular formula is C15H17ClN4OS. The number of furan rings is 1. The highest BCUT2D eigenvalue weighted by atomic mass is 35.5. The number of hydrogen-bond donors (Lipinski definition) is 2. The van der Waals surface area contributed by atoms with E-state index in [1.807, 2.05) is 13.0 Å². The van der Waals surface area contributed by atoms with Crippen molar-refractivity contribution in [2.75, 3.05) is 5.32 Å². The Hall–Kier alpha value is -1.63. The fourth-order valence-electron chi connectivity index (χ4n) is 2.29. The molecule has 0 aliphatic carbocycles. The van der Waals surface area contributed by atoms with E-state index >= 15 is 0 Å². The predicted octanol–water partition coefficient (Wildman–Crippen LogP) is 3.75. The molecule has 7 heteroatoms. The van der Waals surface area contributed by atoms with E-state index in [2.05, 4.69) is 22.2 Å². The number of fused-ring (bicyclic) bond motifs is 1. The van der Waals surface area contributed by atoms with E-state index in [-0.39, 0.29) is 11.3 Å². The number of rotatable bonds is 5. The largest absolute Gasteiger partial charge is 0.472 e. The van der Waals surface area contributed by atoms with E-state index in [9.17, 15) is 0 Å². The lowest BCUT2D eigenvalue weighted by Gasteiger charge is -2.05. The number of anilines is 1. The van der Waals surface area contributed by atoms with Crippen molar-refractivity contribution in [3.63, 3.8) is 0 Å². The minimum absolute atomic E-state index is 0.109. The number of nitrogens with one attached hydrogen (secondary N) is 1. The molecule has 3 rings (SSSR count). The van der Waals surface area contributed by atoms with Crippen LogP contribution >= 0.6 is 22.9 Å². The number of nitrogens with zero attached hydrogens (tertiary/aromatic N) is 2. The SMILES string of the molecule is Cc1c(C[C@H](C)N)sc2c(NCc3ccoc3)nc(Cl)nc12. The Morgan fingerprint density at radius 1 is 1.45 bits per heavy atom. The highest BCUT2D eigenvalue weighted by Crippen LogP contribution is 2.35. The molecule has 0 radical (unpaired) electrons. The predicted molar refractivity (Wildman–Crippen MR) is 90.6 cm³/mol. The summed E-state index contributed by atoms with van der Waals surface area (Å²) in [5.74, 6) is 0.750. The average Bonchev–Trinajstić information content (AvgIpc) is 3.07. The molecule has 1 atom stereocenters. The number of nitrogens with two attached hydrogens (primary N) is 1. The first kappa shape index (κ1) is 15.3. The summed E-state index contributed by atoms with van der Waals surface area (Å²) in [6.45, 7) is 4.68. The maximum absolute atomic E-state index is 6.07. The molecule has 0 amide bonds. The second-order valence-electron chi connectivity index (χ2n) is 5.34.